The molecule has 1 N–H and O–H groups in total. The number of amides is 1. The van der Waals surface area contributed by atoms with E-state index in [4.69, 9.17) is 10.00 Å². The minimum atomic E-state index is -0.512. The molecule has 0 saturated heterocycles. The first kappa shape index (κ1) is 20.7. The fourth-order valence-electron chi connectivity index (χ4n) is 3.02. The van der Waals surface area contributed by atoms with Crippen molar-refractivity contribution in [2.75, 3.05) is 11.9 Å². The van der Waals surface area contributed by atoms with E-state index in [0.29, 0.717) is 28.1 Å². The first-order valence-electron chi connectivity index (χ1n) is 9.52. The van der Waals surface area contributed by atoms with Gasteiger partial charge in [-0.2, -0.15) is 10.2 Å². The normalized spacial score (nSPS) is 10.5. The fourth-order valence-corrected chi connectivity index (χ4v) is 3.02. The first-order chi connectivity index (χ1) is 15.4. The molecule has 0 spiro atoms. The van der Waals surface area contributed by atoms with Gasteiger partial charge in [-0.3, -0.25) is 14.9 Å². The number of rotatable bonds is 6. The first-order valence-corrected chi connectivity index (χ1v) is 9.52. The molecule has 0 atom stereocenters. The molecule has 2 aromatic heterocycles. The summed E-state index contributed by atoms with van der Waals surface area (Å²) in [6.07, 6.45) is 1.63. The second kappa shape index (κ2) is 8.65. The lowest BCUT2D eigenvalue weighted by atomic mass is 10.1. The Bertz CT molecular complexity index is 1370. The Morgan fingerprint density at radius 2 is 1.91 bits per heavy atom. The summed E-state index contributed by atoms with van der Waals surface area (Å²) in [5.74, 6) is -0.496. The molecule has 0 fully saturated rings. The Balaban J connectivity index is 1.45. The van der Waals surface area contributed by atoms with E-state index >= 15 is 0 Å². The average Bonchev–Trinajstić information content (AvgIpc) is 3.18. The van der Waals surface area contributed by atoms with Gasteiger partial charge >= 0.3 is 0 Å². The quantitative estimate of drug-likeness (QED) is 0.469. The fraction of sp³-hybridized carbons (Fsp3) is 0.0870. The van der Waals surface area contributed by atoms with E-state index in [1.807, 2.05) is 6.07 Å². The molecular weight excluding hydrogens is 413 g/mol. The molecule has 32 heavy (non-hydrogen) atoms. The second-order valence-electron chi connectivity index (χ2n) is 6.91. The molecule has 0 aliphatic heterocycles. The van der Waals surface area contributed by atoms with Gasteiger partial charge < -0.3 is 4.74 Å². The van der Waals surface area contributed by atoms with E-state index in [-0.39, 0.29) is 23.9 Å². The number of nitrogens with zero attached hydrogens (tertiary/aromatic N) is 4. The highest BCUT2D eigenvalue weighted by Crippen LogP contribution is 2.22. The third-order valence-corrected chi connectivity index (χ3v) is 4.57. The van der Waals surface area contributed by atoms with Crippen molar-refractivity contribution in [1.82, 2.24) is 14.6 Å². The maximum atomic E-state index is 13.8. The largest absolute Gasteiger partial charge is 0.484 e. The smallest absolute Gasteiger partial charge is 0.264 e. The highest BCUT2D eigenvalue weighted by Gasteiger charge is 2.11. The lowest BCUT2D eigenvalue weighted by molar-refractivity contribution is -0.118. The van der Waals surface area contributed by atoms with Crippen LogP contribution < -0.4 is 10.1 Å². The van der Waals surface area contributed by atoms with Crippen LogP contribution in [0.3, 0.4) is 0 Å². The summed E-state index contributed by atoms with van der Waals surface area (Å²) in [5, 5.41) is 15.8. The third kappa shape index (κ3) is 4.60. The highest BCUT2D eigenvalue weighted by molar-refractivity contribution is 5.94. The Hall–Kier alpha value is -4.58. The van der Waals surface area contributed by atoms with E-state index in [9.17, 15) is 14.0 Å². The number of carbonyl (C=O) groups is 2. The number of nitrogens with one attached hydrogen (secondary N) is 1. The molecular formula is C23H16FN5O3. The SMILES string of the molecule is CC(=O)c1ccc(OCC(=O)Nc2nc3ccc(-c4cc(F)cc(C#N)c4)cn3n2)cc1. The van der Waals surface area contributed by atoms with Gasteiger partial charge in [0.2, 0.25) is 5.95 Å². The lowest BCUT2D eigenvalue weighted by Crippen LogP contribution is -2.20. The second-order valence-corrected chi connectivity index (χ2v) is 6.91. The summed E-state index contributed by atoms with van der Waals surface area (Å²) in [6.45, 7) is 1.20. The number of pyridine rings is 1. The Morgan fingerprint density at radius 3 is 2.62 bits per heavy atom. The monoisotopic (exact) mass is 429 g/mol. The van der Waals surface area contributed by atoms with Crippen molar-refractivity contribution in [2.45, 2.75) is 6.92 Å². The Labute approximate surface area is 181 Å². The number of hydrogen-bond acceptors (Lipinski definition) is 6. The number of carbonyl (C=O) groups excluding carboxylic acids is 2. The molecule has 1 amide bonds. The minimum absolute atomic E-state index is 0.0572. The number of aromatic nitrogens is 3. The number of ketones is 1. The molecule has 0 radical (unpaired) electrons. The van der Waals surface area contributed by atoms with Gasteiger partial charge in [0.15, 0.2) is 18.0 Å². The Kier molecular flexibility index (Phi) is 5.59. The average molecular weight is 429 g/mol. The van der Waals surface area contributed by atoms with Crippen molar-refractivity contribution in [3.8, 4) is 22.9 Å². The zero-order valence-corrected chi connectivity index (χ0v) is 16.9. The van der Waals surface area contributed by atoms with Crippen molar-refractivity contribution in [2.24, 2.45) is 0 Å². The predicted molar refractivity (Wildman–Crippen MR) is 114 cm³/mol. The topological polar surface area (TPSA) is 109 Å². The van der Waals surface area contributed by atoms with Gasteiger partial charge in [-0.05, 0) is 67.1 Å². The highest BCUT2D eigenvalue weighted by atomic mass is 19.1. The van der Waals surface area contributed by atoms with Crippen molar-refractivity contribution in [3.05, 3.63) is 77.7 Å². The summed E-state index contributed by atoms with van der Waals surface area (Å²) in [6, 6.07) is 15.8. The van der Waals surface area contributed by atoms with Crippen molar-refractivity contribution < 1.29 is 18.7 Å². The van der Waals surface area contributed by atoms with Crippen LogP contribution in [-0.4, -0.2) is 32.9 Å². The van der Waals surface area contributed by atoms with Gasteiger partial charge in [-0.1, -0.05) is 0 Å². The van der Waals surface area contributed by atoms with Crippen LogP contribution in [0.2, 0.25) is 0 Å². The Morgan fingerprint density at radius 1 is 1.12 bits per heavy atom. The maximum absolute atomic E-state index is 13.8. The molecule has 2 aromatic carbocycles. The molecule has 0 aliphatic carbocycles. The summed E-state index contributed by atoms with van der Waals surface area (Å²) in [5.41, 5.74) is 2.39. The van der Waals surface area contributed by atoms with Crippen molar-refractivity contribution in [1.29, 1.82) is 5.26 Å². The van der Waals surface area contributed by atoms with Crippen LogP contribution >= 0.6 is 0 Å². The van der Waals surface area contributed by atoms with E-state index in [0.717, 1.165) is 6.07 Å². The molecule has 8 nitrogen and oxygen atoms in total. The van der Waals surface area contributed by atoms with Gasteiger partial charge in [-0.25, -0.2) is 8.91 Å². The number of fused-ring (bicyclic) bond motifs is 1. The molecule has 0 saturated carbocycles. The lowest BCUT2D eigenvalue weighted by Gasteiger charge is -2.05. The molecule has 2 heterocycles. The van der Waals surface area contributed by atoms with E-state index < -0.39 is 11.7 Å². The third-order valence-electron chi connectivity index (χ3n) is 4.57. The van der Waals surface area contributed by atoms with Gasteiger partial charge in [-0.15, -0.1) is 5.10 Å². The van der Waals surface area contributed by atoms with Crippen molar-refractivity contribution in [3.63, 3.8) is 0 Å². The van der Waals surface area contributed by atoms with Crippen molar-refractivity contribution >= 4 is 23.3 Å². The molecule has 158 valence electrons. The van der Waals surface area contributed by atoms with Crippen LogP contribution in [0.1, 0.15) is 22.8 Å². The van der Waals surface area contributed by atoms with Gasteiger partial charge in [0.25, 0.3) is 5.91 Å². The van der Waals surface area contributed by atoms with Crippen LogP contribution in [0.15, 0.2) is 60.8 Å². The standard InChI is InChI=1S/C23H16FN5O3/c1-14(30)16-2-5-20(6-3-16)32-13-22(31)27-23-26-21-7-4-17(12-29(21)28-23)18-8-15(11-25)9-19(24)10-18/h2-10,12H,13H2,1H3,(H,27,28,31). The van der Waals surface area contributed by atoms with Gasteiger partial charge in [0.05, 0.1) is 11.6 Å². The van der Waals surface area contributed by atoms with Crippen LogP contribution in [0.5, 0.6) is 5.75 Å². The van der Waals surface area contributed by atoms with Crippen LogP contribution in [0.4, 0.5) is 10.3 Å². The maximum Gasteiger partial charge on any atom is 0.264 e. The van der Waals surface area contributed by atoms with Gasteiger partial charge in [0, 0.05) is 17.3 Å². The zero-order valence-electron chi connectivity index (χ0n) is 16.9. The van der Waals surface area contributed by atoms with Crippen LogP contribution in [-0.2, 0) is 4.79 Å². The molecule has 0 unspecified atom stereocenters. The minimum Gasteiger partial charge on any atom is -0.484 e. The number of hydrogen-bond donors (Lipinski definition) is 1. The summed E-state index contributed by atoms with van der Waals surface area (Å²) < 4.78 is 20.6. The number of benzene rings is 2. The molecule has 4 rings (SSSR count). The molecule has 9 heteroatoms. The number of anilines is 1. The summed E-state index contributed by atoms with van der Waals surface area (Å²) >= 11 is 0. The summed E-state index contributed by atoms with van der Waals surface area (Å²) in [4.78, 5) is 27.7. The number of Topliss-reactive ketones (excluding diaryl/α,β-unsaturated/α-hetero) is 1. The molecule has 0 aliphatic rings. The zero-order chi connectivity index (χ0) is 22.7. The van der Waals surface area contributed by atoms with E-state index in [1.54, 1.807) is 48.7 Å². The number of nitriles is 1. The van der Waals surface area contributed by atoms with E-state index in [2.05, 4.69) is 15.4 Å². The number of ether oxygens (including phenoxy) is 1. The van der Waals surface area contributed by atoms with Crippen LogP contribution in [0.25, 0.3) is 16.8 Å². The molecule has 0 bridgehead atoms. The predicted octanol–water partition coefficient (Wildman–Crippen LogP) is 3.63. The summed E-state index contributed by atoms with van der Waals surface area (Å²) in [7, 11) is 0. The van der Waals surface area contributed by atoms with E-state index in [1.165, 1.54) is 17.5 Å². The van der Waals surface area contributed by atoms with Crippen LogP contribution in [0, 0.1) is 17.1 Å². The van der Waals surface area contributed by atoms with Gasteiger partial charge in [0.1, 0.15) is 11.6 Å². The molecule has 4 aromatic rings. The number of halogens is 1.